The SMILES string of the molecule is C=Cc1ccccc1C(CCCCCC/C=C\C/C=C\C/C=C\CC)C(=O)OC(F)(F)CF. The van der Waals surface area contributed by atoms with Crippen LogP contribution in [0.4, 0.5) is 13.2 Å². The van der Waals surface area contributed by atoms with Gasteiger partial charge in [0.15, 0.2) is 6.67 Å². The fourth-order valence-corrected chi connectivity index (χ4v) is 3.45. The molecular formula is C28H37F3O2. The summed E-state index contributed by atoms with van der Waals surface area (Å²) in [4.78, 5) is 12.4. The third-order valence-electron chi connectivity index (χ3n) is 5.17. The molecule has 0 aliphatic carbocycles. The summed E-state index contributed by atoms with van der Waals surface area (Å²) in [7, 11) is 0. The zero-order valence-electron chi connectivity index (χ0n) is 19.7. The number of allylic oxidation sites excluding steroid dienone is 6. The van der Waals surface area contributed by atoms with Crippen LogP contribution < -0.4 is 0 Å². The number of unbranched alkanes of at least 4 members (excludes halogenated alkanes) is 4. The first kappa shape index (κ1) is 28.5. The molecule has 5 heteroatoms. The molecule has 0 saturated heterocycles. The number of ether oxygens (including phenoxy) is 1. The number of halogens is 3. The van der Waals surface area contributed by atoms with E-state index in [0.29, 0.717) is 24.0 Å². The van der Waals surface area contributed by atoms with Gasteiger partial charge in [-0.1, -0.05) is 99.6 Å². The summed E-state index contributed by atoms with van der Waals surface area (Å²) in [6.45, 7) is 3.81. The zero-order chi connectivity index (χ0) is 24.4. The standard InChI is InChI=1S/C28H37F3O2/c1-3-5-6-7-8-9-10-11-12-13-14-15-16-17-22-26(27(32)33-28(30,31)23-29)25-21-19-18-20-24(25)4-2/h4-6,8-9,11-12,18-21,26H,2-3,7,10,13-17,22-23H2,1H3/b6-5-,9-8-,12-11-. The van der Waals surface area contributed by atoms with Crippen molar-refractivity contribution in [2.45, 2.75) is 76.7 Å². The van der Waals surface area contributed by atoms with E-state index in [1.807, 2.05) is 0 Å². The molecule has 2 nitrogen and oxygen atoms in total. The second-order valence-electron chi connectivity index (χ2n) is 7.86. The van der Waals surface area contributed by atoms with Gasteiger partial charge in [-0.15, -0.1) is 0 Å². The van der Waals surface area contributed by atoms with E-state index in [-0.39, 0.29) is 0 Å². The maximum atomic E-state index is 13.3. The molecule has 0 spiro atoms. The van der Waals surface area contributed by atoms with Crippen LogP contribution >= 0.6 is 0 Å². The van der Waals surface area contributed by atoms with E-state index in [0.717, 1.165) is 44.9 Å². The van der Waals surface area contributed by atoms with E-state index in [4.69, 9.17) is 0 Å². The first-order valence-electron chi connectivity index (χ1n) is 11.8. The Balaban J connectivity index is 2.46. The Bertz CT molecular complexity index is 781. The van der Waals surface area contributed by atoms with Gasteiger partial charge in [0.2, 0.25) is 0 Å². The fourth-order valence-electron chi connectivity index (χ4n) is 3.45. The van der Waals surface area contributed by atoms with Crippen molar-refractivity contribution in [3.8, 4) is 0 Å². The molecule has 0 aliphatic rings. The van der Waals surface area contributed by atoms with Crippen LogP contribution in [-0.2, 0) is 9.53 Å². The van der Waals surface area contributed by atoms with Gasteiger partial charge < -0.3 is 4.74 Å². The molecule has 1 aromatic carbocycles. The third-order valence-corrected chi connectivity index (χ3v) is 5.17. The van der Waals surface area contributed by atoms with Crippen molar-refractivity contribution >= 4 is 12.0 Å². The van der Waals surface area contributed by atoms with E-state index in [2.05, 4.69) is 54.7 Å². The minimum absolute atomic E-state index is 0.360. The van der Waals surface area contributed by atoms with Crippen molar-refractivity contribution in [2.24, 2.45) is 0 Å². The van der Waals surface area contributed by atoms with E-state index < -0.39 is 24.7 Å². The van der Waals surface area contributed by atoms with Gasteiger partial charge in [0, 0.05) is 0 Å². The molecule has 0 saturated carbocycles. The van der Waals surface area contributed by atoms with Crippen LogP contribution in [0.1, 0.15) is 81.8 Å². The summed E-state index contributed by atoms with van der Waals surface area (Å²) >= 11 is 0. The molecule has 0 amide bonds. The molecule has 0 heterocycles. The highest BCUT2D eigenvalue weighted by atomic mass is 19.3. The predicted molar refractivity (Wildman–Crippen MR) is 131 cm³/mol. The van der Waals surface area contributed by atoms with Crippen molar-refractivity contribution in [2.75, 3.05) is 6.67 Å². The molecule has 0 N–H and O–H groups in total. The van der Waals surface area contributed by atoms with Gasteiger partial charge in [-0.25, -0.2) is 4.39 Å². The molecular weight excluding hydrogens is 425 g/mol. The van der Waals surface area contributed by atoms with Crippen LogP contribution in [0.15, 0.2) is 67.3 Å². The highest BCUT2D eigenvalue weighted by Crippen LogP contribution is 2.30. The lowest BCUT2D eigenvalue weighted by Gasteiger charge is -2.21. The highest BCUT2D eigenvalue weighted by molar-refractivity contribution is 5.80. The van der Waals surface area contributed by atoms with E-state index in [9.17, 15) is 18.0 Å². The van der Waals surface area contributed by atoms with Gasteiger partial charge in [0.05, 0.1) is 5.92 Å². The Morgan fingerprint density at radius 1 is 1.00 bits per heavy atom. The van der Waals surface area contributed by atoms with Crippen LogP contribution in [-0.4, -0.2) is 18.8 Å². The van der Waals surface area contributed by atoms with Gasteiger partial charge in [-0.05, 0) is 49.7 Å². The number of esters is 1. The maximum Gasteiger partial charge on any atom is 0.429 e. The topological polar surface area (TPSA) is 26.3 Å². The lowest BCUT2D eigenvalue weighted by Crippen LogP contribution is -2.30. The van der Waals surface area contributed by atoms with Crippen LogP contribution in [0.5, 0.6) is 0 Å². The molecule has 0 fully saturated rings. The largest absolute Gasteiger partial charge is 0.429 e. The number of rotatable bonds is 17. The van der Waals surface area contributed by atoms with Gasteiger partial charge in [-0.2, -0.15) is 8.78 Å². The summed E-state index contributed by atoms with van der Waals surface area (Å²) in [6, 6.07) is 6.99. The number of carbonyl (C=O) groups excluding carboxylic acids is 1. The monoisotopic (exact) mass is 462 g/mol. The molecule has 0 aromatic heterocycles. The molecule has 0 aliphatic heterocycles. The summed E-state index contributed by atoms with van der Waals surface area (Å²) in [6.07, 6.45) is 18.3. The Hall–Kier alpha value is -2.56. The number of alkyl halides is 3. The number of carbonyl (C=O) groups is 1. The Morgan fingerprint density at radius 3 is 2.30 bits per heavy atom. The maximum absolute atomic E-state index is 13.3. The number of hydrogen-bond donors (Lipinski definition) is 0. The van der Waals surface area contributed by atoms with Crippen molar-refractivity contribution < 1.29 is 22.7 Å². The molecule has 0 bridgehead atoms. The minimum atomic E-state index is -4.10. The number of hydrogen-bond acceptors (Lipinski definition) is 2. The van der Waals surface area contributed by atoms with Crippen molar-refractivity contribution in [1.29, 1.82) is 0 Å². The Kier molecular flexibility index (Phi) is 14.7. The fraction of sp³-hybridized carbons (Fsp3) is 0.464. The average molecular weight is 463 g/mol. The summed E-state index contributed by atoms with van der Waals surface area (Å²) in [5, 5.41) is 0. The molecule has 182 valence electrons. The molecule has 0 radical (unpaired) electrons. The molecule has 1 atom stereocenters. The summed E-state index contributed by atoms with van der Waals surface area (Å²) in [5.41, 5.74) is 1.26. The van der Waals surface area contributed by atoms with Gasteiger partial charge in [0.1, 0.15) is 0 Å². The molecule has 1 unspecified atom stereocenters. The smallest absolute Gasteiger partial charge is 0.398 e. The Labute approximate surface area is 196 Å². The number of benzene rings is 1. The Morgan fingerprint density at radius 2 is 1.64 bits per heavy atom. The highest BCUT2D eigenvalue weighted by Gasteiger charge is 2.37. The first-order chi connectivity index (χ1) is 15.9. The quantitative estimate of drug-likeness (QED) is 0.131. The summed E-state index contributed by atoms with van der Waals surface area (Å²) < 4.78 is 43.3. The van der Waals surface area contributed by atoms with Crippen LogP contribution in [0.25, 0.3) is 6.08 Å². The zero-order valence-corrected chi connectivity index (χ0v) is 19.7. The average Bonchev–Trinajstić information content (AvgIpc) is 2.81. The molecule has 1 aromatic rings. The summed E-state index contributed by atoms with van der Waals surface area (Å²) in [5.74, 6) is -1.98. The van der Waals surface area contributed by atoms with Gasteiger partial charge >= 0.3 is 12.1 Å². The van der Waals surface area contributed by atoms with E-state index in [1.165, 1.54) is 0 Å². The van der Waals surface area contributed by atoms with Crippen LogP contribution in [0.2, 0.25) is 0 Å². The lowest BCUT2D eigenvalue weighted by molar-refractivity contribution is -0.239. The molecule has 1 rings (SSSR count). The predicted octanol–water partition coefficient (Wildman–Crippen LogP) is 8.72. The minimum Gasteiger partial charge on any atom is -0.398 e. The van der Waals surface area contributed by atoms with E-state index in [1.54, 1.807) is 30.3 Å². The van der Waals surface area contributed by atoms with Crippen LogP contribution in [0.3, 0.4) is 0 Å². The van der Waals surface area contributed by atoms with Gasteiger partial charge in [0.25, 0.3) is 0 Å². The van der Waals surface area contributed by atoms with Crippen molar-refractivity contribution in [1.82, 2.24) is 0 Å². The normalized spacial score (nSPS) is 13.2. The van der Waals surface area contributed by atoms with Gasteiger partial charge in [-0.3, -0.25) is 4.79 Å². The van der Waals surface area contributed by atoms with E-state index >= 15 is 0 Å². The lowest BCUT2D eigenvalue weighted by atomic mass is 9.89. The van der Waals surface area contributed by atoms with Crippen molar-refractivity contribution in [3.05, 3.63) is 78.4 Å². The first-order valence-corrected chi connectivity index (χ1v) is 11.8. The van der Waals surface area contributed by atoms with Crippen LogP contribution in [0, 0.1) is 0 Å². The third kappa shape index (κ3) is 12.3. The second-order valence-corrected chi connectivity index (χ2v) is 7.86. The molecule has 33 heavy (non-hydrogen) atoms. The second kappa shape index (κ2) is 17.0. The van der Waals surface area contributed by atoms with Crippen molar-refractivity contribution in [3.63, 3.8) is 0 Å².